The van der Waals surface area contributed by atoms with Gasteiger partial charge in [0.05, 0.1) is 0 Å². The van der Waals surface area contributed by atoms with Crippen molar-refractivity contribution in [1.29, 1.82) is 0 Å². The van der Waals surface area contributed by atoms with E-state index in [2.05, 4.69) is 30.4 Å². The van der Waals surface area contributed by atoms with Crippen molar-refractivity contribution in [3.8, 4) is 0 Å². The second-order valence-corrected chi connectivity index (χ2v) is 9.22. The van der Waals surface area contributed by atoms with Gasteiger partial charge in [-0.2, -0.15) is 4.52 Å². The summed E-state index contributed by atoms with van der Waals surface area (Å²) < 4.78 is 1.70. The largest absolute Gasteiger partial charge is 0.355 e. The molecular weight excluding hydrogens is 378 g/mol. The summed E-state index contributed by atoms with van der Waals surface area (Å²) in [4.78, 5) is 17.8. The fourth-order valence-corrected chi connectivity index (χ4v) is 5.44. The zero-order valence-electron chi connectivity index (χ0n) is 17.7. The second kappa shape index (κ2) is 8.88. The predicted octanol–water partition coefficient (Wildman–Crippen LogP) is 2.25. The maximum absolute atomic E-state index is 12.9. The van der Waals surface area contributed by atoms with Crippen LogP contribution in [0.25, 0.3) is 5.65 Å². The van der Waals surface area contributed by atoms with Crippen molar-refractivity contribution < 1.29 is 4.79 Å². The van der Waals surface area contributed by atoms with Gasteiger partial charge in [-0.15, -0.1) is 15.3 Å². The van der Waals surface area contributed by atoms with Crippen LogP contribution in [0.15, 0.2) is 18.5 Å². The third-order valence-corrected chi connectivity index (χ3v) is 7.24. The smallest absolute Gasteiger partial charge is 0.223 e. The topological polar surface area (TPSA) is 78.7 Å². The highest BCUT2D eigenvalue weighted by atomic mass is 16.2. The van der Waals surface area contributed by atoms with Crippen LogP contribution in [0.2, 0.25) is 0 Å². The number of aromatic nitrogens is 4. The van der Waals surface area contributed by atoms with E-state index in [1.807, 2.05) is 12.1 Å². The molecule has 5 rings (SSSR count). The Bertz CT molecular complexity index is 852. The molecule has 2 aliphatic heterocycles. The predicted molar refractivity (Wildman–Crippen MR) is 115 cm³/mol. The number of fused-ring (bicyclic) bond motifs is 1. The molecule has 1 aliphatic carbocycles. The van der Waals surface area contributed by atoms with E-state index in [4.69, 9.17) is 0 Å². The van der Waals surface area contributed by atoms with Crippen LogP contribution in [0.3, 0.4) is 0 Å². The second-order valence-electron chi connectivity index (χ2n) is 9.22. The van der Waals surface area contributed by atoms with Gasteiger partial charge < -0.3 is 10.2 Å². The lowest BCUT2D eigenvalue weighted by Gasteiger charge is -2.32. The Balaban J connectivity index is 1.10. The lowest BCUT2D eigenvalue weighted by molar-refractivity contribution is -0.126. The molecule has 2 aromatic heterocycles. The molecular formula is C22H33N7O. The number of rotatable bonds is 4. The Kier molecular flexibility index (Phi) is 5.84. The number of hydrogen-bond acceptors (Lipinski definition) is 6. The van der Waals surface area contributed by atoms with Crippen molar-refractivity contribution in [2.24, 2.45) is 5.92 Å². The Hall–Kier alpha value is -2.22. The molecule has 4 heterocycles. The molecule has 8 heteroatoms. The van der Waals surface area contributed by atoms with E-state index in [1.54, 1.807) is 10.8 Å². The Morgan fingerprint density at radius 1 is 0.967 bits per heavy atom. The Morgan fingerprint density at radius 3 is 2.57 bits per heavy atom. The number of carbonyl (C=O) groups is 1. The monoisotopic (exact) mass is 411 g/mol. The molecule has 8 nitrogen and oxygen atoms in total. The van der Waals surface area contributed by atoms with Crippen LogP contribution in [-0.2, 0) is 4.79 Å². The van der Waals surface area contributed by atoms with Crippen LogP contribution in [0.5, 0.6) is 0 Å². The third-order valence-electron chi connectivity index (χ3n) is 7.24. The highest BCUT2D eigenvalue weighted by Gasteiger charge is 2.32. The summed E-state index contributed by atoms with van der Waals surface area (Å²) >= 11 is 0. The van der Waals surface area contributed by atoms with Gasteiger partial charge in [-0.05, 0) is 44.2 Å². The zero-order chi connectivity index (χ0) is 20.3. The summed E-state index contributed by atoms with van der Waals surface area (Å²) in [5.74, 6) is 1.30. The van der Waals surface area contributed by atoms with Crippen molar-refractivity contribution in [3.63, 3.8) is 0 Å². The molecule has 1 saturated carbocycles. The van der Waals surface area contributed by atoms with Crippen molar-refractivity contribution >= 4 is 17.4 Å². The van der Waals surface area contributed by atoms with E-state index in [0.29, 0.717) is 6.04 Å². The first-order valence-electron chi connectivity index (χ1n) is 11.7. The number of likely N-dealkylation sites (tertiary alicyclic amines) is 1. The normalized spacial score (nSPS) is 24.9. The highest BCUT2D eigenvalue weighted by Crippen LogP contribution is 2.26. The Labute approximate surface area is 178 Å². The number of hydrogen-bond donors (Lipinski definition) is 1. The molecule has 0 bridgehead atoms. The van der Waals surface area contributed by atoms with E-state index >= 15 is 0 Å². The van der Waals surface area contributed by atoms with E-state index in [0.717, 1.165) is 62.9 Å². The molecule has 3 aliphatic rings. The Morgan fingerprint density at radius 2 is 1.77 bits per heavy atom. The van der Waals surface area contributed by atoms with Crippen molar-refractivity contribution in [1.82, 2.24) is 30.0 Å². The van der Waals surface area contributed by atoms with Crippen LogP contribution >= 0.6 is 0 Å². The quantitative estimate of drug-likeness (QED) is 0.778. The zero-order valence-corrected chi connectivity index (χ0v) is 17.7. The molecule has 2 saturated heterocycles. The molecule has 1 N–H and O–H groups in total. The number of amides is 1. The SMILES string of the molecule is O=C(NC1CCN(C2CCCCCC2)C1)C1CCN(c2ccc3nncn3n2)CC1. The van der Waals surface area contributed by atoms with Gasteiger partial charge in [0.2, 0.25) is 5.91 Å². The first-order chi connectivity index (χ1) is 14.8. The minimum absolute atomic E-state index is 0.117. The first kappa shape index (κ1) is 19.7. The molecule has 0 spiro atoms. The average Bonchev–Trinajstić information content (AvgIpc) is 3.36. The first-order valence-corrected chi connectivity index (χ1v) is 11.7. The van der Waals surface area contributed by atoms with Crippen molar-refractivity contribution in [2.75, 3.05) is 31.1 Å². The summed E-state index contributed by atoms with van der Waals surface area (Å²) in [6.07, 6.45) is 12.7. The van der Waals surface area contributed by atoms with Gasteiger partial charge in [0.15, 0.2) is 5.65 Å². The number of anilines is 1. The van der Waals surface area contributed by atoms with Crippen LogP contribution in [0.1, 0.15) is 57.8 Å². The highest BCUT2D eigenvalue weighted by molar-refractivity contribution is 5.79. The maximum Gasteiger partial charge on any atom is 0.223 e. The van der Waals surface area contributed by atoms with E-state index in [1.165, 1.54) is 38.5 Å². The fraction of sp³-hybridized carbons (Fsp3) is 0.727. The lowest BCUT2D eigenvalue weighted by Crippen LogP contribution is -2.45. The van der Waals surface area contributed by atoms with Crippen LogP contribution in [0.4, 0.5) is 5.82 Å². The van der Waals surface area contributed by atoms with Gasteiger partial charge in [-0.25, -0.2) is 0 Å². The average molecular weight is 412 g/mol. The lowest BCUT2D eigenvalue weighted by atomic mass is 9.95. The minimum atomic E-state index is 0.117. The summed E-state index contributed by atoms with van der Waals surface area (Å²) in [5, 5.41) is 15.8. The summed E-state index contributed by atoms with van der Waals surface area (Å²) in [6, 6.07) is 5.00. The number of piperidine rings is 1. The molecule has 3 fully saturated rings. The van der Waals surface area contributed by atoms with E-state index < -0.39 is 0 Å². The van der Waals surface area contributed by atoms with Crippen LogP contribution < -0.4 is 10.2 Å². The van der Waals surface area contributed by atoms with Crippen molar-refractivity contribution in [3.05, 3.63) is 18.5 Å². The molecule has 0 radical (unpaired) electrons. The standard InChI is InChI=1S/C22H33N7O/c30-22(24-18-11-14-28(15-18)19-5-3-1-2-4-6-19)17-9-12-27(13-10-17)21-8-7-20-25-23-16-29(20)26-21/h7-8,16-19H,1-6,9-15H2,(H,24,30). The minimum Gasteiger partial charge on any atom is -0.355 e. The molecule has 1 amide bonds. The molecule has 2 aromatic rings. The molecule has 30 heavy (non-hydrogen) atoms. The van der Waals surface area contributed by atoms with Crippen molar-refractivity contribution in [2.45, 2.75) is 69.9 Å². The molecule has 0 aromatic carbocycles. The van der Waals surface area contributed by atoms with Gasteiger partial charge in [0.25, 0.3) is 0 Å². The molecule has 1 unspecified atom stereocenters. The van der Waals surface area contributed by atoms with Gasteiger partial charge in [0, 0.05) is 44.2 Å². The maximum atomic E-state index is 12.9. The summed E-state index contributed by atoms with van der Waals surface area (Å²) in [5.41, 5.74) is 0.752. The van der Waals surface area contributed by atoms with Crippen LogP contribution in [-0.4, -0.2) is 68.9 Å². The fourth-order valence-electron chi connectivity index (χ4n) is 5.44. The molecule has 162 valence electrons. The van der Waals surface area contributed by atoms with Gasteiger partial charge >= 0.3 is 0 Å². The summed E-state index contributed by atoms with van der Waals surface area (Å²) in [6.45, 7) is 3.90. The number of carbonyl (C=O) groups excluding carboxylic acids is 1. The van der Waals surface area contributed by atoms with Gasteiger partial charge in [0.1, 0.15) is 12.1 Å². The molecule has 1 atom stereocenters. The van der Waals surface area contributed by atoms with E-state index in [9.17, 15) is 4.79 Å². The number of nitrogens with one attached hydrogen (secondary N) is 1. The van der Waals surface area contributed by atoms with E-state index in [-0.39, 0.29) is 11.8 Å². The van der Waals surface area contributed by atoms with Gasteiger partial charge in [-0.3, -0.25) is 9.69 Å². The van der Waals surface area contributed by atoms with Gasteiger partial charge in [-0.1, -0.05) is 25.7 Å². The number of nitrogens with zero attached hydrogens (tertiary/aromatic N) is 6. The summed E-state index contributed by atoms with van der Waals surface area (Å²) in [7, 11) is 0. The van der Waals surface area contributed by atoms with Crippen LogP contribution in [0, 0.1) is 5.92 Å². The third kappa shape index (κ3) is 4.29.